The Hall–Kier alpha value is -2.08. The average molecular weight is 342 g/mol. The van der Waals surface area contributed by atoms with Crippen LogP contribution in [0, 0.1) is 5.41 Å². The molecule has 0 saturated carbocycles. The van der Waals surface area contributed by atoms with Crippen LogP contribution in [-0.2, 0) is 11.2 Å². The summed E-state index contributed by atoms with van der Waals surface area (Å²) in [7, 11) is 0. The van der Waals surface area contributed by atoms with Crippen molar-refractivity contribution in [2.24, 2.45) is 5.41 Å². The van der Waals surface area contributed by atoms with Gasteiger partial charge in [-0.25, -0.2) is 4.79 Å². The highest BCUT2D eigenvalue weighted by atomic mass is 16.2. The molecule has 0 aliphatic carbocycles. The van der Waals surface area contributed by atoms with E-state index in [4.69, 9.17) is 0 Å². The Balaban J connectivity index is 1.38. The second kappa shape index (κ2) is 6.67. The van der Waals surface area contributed by atoms with Crippen LogP contribution >= 0.6 is 0 Å². The standard InChI is InChI=1S/C19H26N4O2/c24-17(22-10-1-6-19(14-22)7-8-20-13-19)12-15-2-4-16(5-3-15)23-11-9-21-18(23)25/h2-5,20H,1,6-14H2,(H,21,25). The van der Waals surface area contributed by atoms with E-state index in [-0.39, 0.29) is 11.9 Å². The summed E-state index contributed by atoms with van der Waals surface area (Å²) in [4.78, 5) is 28.2. The van der Waals surface area contributed by atoms with Crippen molar-refractivity contribution in [3.63, 3.8) is 0 Å². The molecule has 1 atom stereocenters. The molecule has 4 rings (SSSR count). The highest BCUT2D eigenvalue weighted by Crippen LogP contribution is 2.35. The molecule has 1 aromatic rings. The number of nitrogens with one attached hydrogen (secondary N) is 2. The van der Waals surface area contributed by atoms with E-state index >= 15 is 0 Å². The fourth-order valence-electron chi connectivity index (χ4n) is 4.36. The molecule has 3 amide bonds. The third-order valence-electron chi connectivity index (χ3n) is 5.81. The lowest BCUT2D eigenvalue weighted by molar-refractivity contribution is -0.133. The second-order valence-corrected chi connectivity index (χ2v) is 7.57. The summed E-state index contributed by atoms with van der Waals surface area (Å²) in [6.07, 6.45) is 3.96. The van der Waals surface area contributed by atoms with Gasteiger partial charge in [0.1, 0.15) is 0 Å². The molecule has 1 spiro atoms. The maximum atomic E-state index is 12.7. The van der Waals surface area contributed by atoms with E-state index in [0.29, 0.717) is 24.9 Å². The first kappa shape index (κ1) is 16.4. The summed E-state index contributed by atoms with van der Waals surface area (Å²) in [6, 6.07) is 7.76. The number of anilines is 1. The number of likely N-dealkylation sites (tertiary alicyclic amines) is 1. The quantitative estimate of drug-likeness (QED) is 0.872. The largest absolute Gasteiger partial charge is 0.342 e. The van der Waals surface area contributed by atoms with Gasteiger partial charge in [-0.05, 0) is 43.5 Å². The molecule has 6 nitrogen and oxygen atoms in total. The molecule has 3 aliphatic rings. The molecule has 134 valence electrons. The molecule has 2 N–H and O–H groups in total. The van der Waals surface area contributed by atoms with E-state index in [0.717, 1.165) is 43.9 Å². The Morgan fingerprint density at radius 3 is 2.64 bits per heavy atom. The monoisotopic (exact) mass is 342 g/mol. The minimum Gasteiger partial charge on any atom is -0.342 e. The second-order valence-electron chi connectivity index (χ2n) is 7.57. The predicted octanol–water partition coefficient (Wildman–Crippen LogP) is 1.36. The van der Waals surface area contributed by atoms with Gasteiger partial charge in [0.2, 0.25) is 5.91 Å². The lowest BCUT2D eigenvalue weighted by Crippen LogP contribution is -2.47. The Morgan fingerprint density at radius 2 is 1.96 bits per heavy atom. The van der Waals surface area contributed by atoms with Gasteiger partial charge in [0.05, 0.1) is 6.42 Å². The Morgan fingerprint density at radius 1 is 1.12 bits per heavy atom. The number of hydrogen-bond donors (Lipinski definition) is 2. The van der Waals surface area contributed by atoms with E-state index in [9.17, 15) is 9.59 Å². The van der Waals surface area contributed by atoms with Gasteiger partial charge in [-0.3, -0.25) is 9.69 Å². The van der Waals surface area contributed by atoms with Crippen LogP contribution in [0.25, 0.3) is 0 Å². The highest BCUT2D eigenvalue weighted by molar-refractivity contribution is 5.94. The number of rotatable bonds is 3. The van der Waals surface area contributed by atoms with E-state index in [1.807, 2.05) is 24.3 Å². The summed E-state index contributed by atoms with van der Waals surface area (Å²) in [5.41, 5.74) is 2.21. The molecule has 1 aromatic carbocycles. The van der Waals surface area contributed by atoms with E-state index in [1.54, 1.807) is 4.90 Å². The lowest BCUT2D eigenvalue weighted by atomic mass is 9.79. The molecule has 3 aliphatic heterocycles. The fourth-order valence-corrected chi connectivity index (χ4v) is 4.36. The zero-order valence-electron chi connectivity index (χ0n) is 14.6. The van der Waals surface area contributed by atoms with Crippen molar-refractivity contribution >= 4 is 17.6 Å². The Bertz CT molecular complexity index is 652. The van der Waals surface area contributed by atoms with Crippen LogP contribution in [0.4, 0.5) is 10.5 Å². The smallest absolute Gasteiger partial charge is 0.321 e. The van der Waals surface area contributed by atoms with Crippen LogP contribution in [0.3, 0.4) is 0 Å². The van der Waals surface area contributed by atoms with E-state index < -0.39 is 0 Å². The van der Waals surface area contributed by atoms with Gasteiger partial charge >= 0.3 is 6.03 Å². The van der Waals surface area contributed by atoms with Crippen molar-refractivity contribution in [1.82, 2.24) is 15.5 Å². The number of nitrogens with zero attached hydrogens (tertiary/aromatic N) is 2. The van der Waals surface area contributed by atoms with Crippen molar-refractivity contribution in [3.8, 4) is 0 Å². The van der Waals surface area contributed by atoms with Crippen molar-refractivity contribution in [1.29, 1.82) is 0 Å². The maximum Gasteiger partial charge on any atom is 0.321 e. The van der Waals surface area contributed by atoms with E-state index in [1.165, 1.54) is 12.8 Å². The number of carbonyl (C=O) groups excluding carboxylic acids is 2. The van der Waals surface area contributed by atoms with Gasteiger partial charge in [-0.1, -0.05) is 12.1 Å². The summed E-state index contributed by atoms with van der Waals surface area (Å²) < 4.78 is 0. The summed E-state index contributed by atoms with van der Waals surface area (Å²) in [5, 5.41) is 6.26. The van der Waals surface area contributed by atoms with Crippen molar-refractivity contribution in [2.45, 2.75) is 25.7 Å². The number of urea groups is 1. The number of piperidine rings is 1. The van der Waals surface area contributed by atoms with Gasteiger partial charge in [-0.15, -0.1) is 0 Å². The summed E-state index contributed by atoms with van der Waals surface area (Å²) in [5.74, 6) is 0.220. The normalized spacial score (nSPS) is 26.3. The average Bonchev–Trinajstić information content (AvgIpc) is 3.25. The van der Waals surface area contributed by atoms with Gasteiger partial charge in [0, 0.05) is 43.8 Å². The van der Waals surface area contributed by atoms with Gasteiger partial charge in [0.25, 0.3) is 0 Å². The van der Waals surface area contributed by atoms with E-state index in [2.05, 4.69) is 15.5 Å². The zero-order chi connectivity index (χ0) is 17.3. The minimum absolute atomic E-state index is 0.0485. The van der Waals surface area contributed by atoms with Crippen LogP contribution in [0.1, 0.15) is 24.8 Å². The van der Waals surface area contributed by atoms with Gasteiger partial charge < -0.3 is 15.5 Å². The molecule has 0 bridgehead atoms. The molecule has 6 heteroatoms. The SMILES string of the molecule is O=C(Cc1ccc(N2CCNC2=O)cc1)N1CCCC2(CCNC2)C1. The topological polar surface area (TPSA) is 64.7 Å². The predicted molar refractivity (Wildman–Crippen MR) is 96.6 cm³/mol. The van der Waals surface area contributed by atoms with Crippen LogP contribution in [0.5, 0.6) is 0 Å². The Labute approximate surface area is 148 Å². The van der Waals surface area contributed by atoms with Crippen LogP contribution in [-0.4, -0.2) is 56.1 Å². The number of carbonyl (C=O) groups is 2. The fraction of sp³-hybridized carbons (Fsp3) is 0.579. The number of hydrogen-bond acceptors (Lipinski definition) is 3. The van der Waals surface area contributed by atoms with Crippen LogP contribution < -0.4 is 15.5 Å². The van der Waals surface area contributed by atoms with Crippen molar-refractivity contribution in [3.05, 3.63) is 29.8 Å². The molecule has 3 fully saturated rings. The first-order valence-corrected chi connectivity index (χ1v) is 9.28. The van der Waals surface area contributed by atoms with Gasteiger partial charge in [-0.2, -0.15) is 0 Å². The molecule has 3 heterocycles. The van der Waals surface area contributed by atoms with Crippen LogP contribution in [0.2, 0.25) is 0 Å². The third kappa shape index (κ3) is 3.35. The highest BCUT2D eigenvalue weighted by Gasteiger charge is 2.39. The molecular weight excluding hydrogens is 316 g/mol. The first-order valence-electron chi connectivity index (χ1n) is 9.28. The molecule has 1 unspecified atom stereocenters. The number of benzene rings is 1. The maximum absolute atomic E-state index is 12.7. The number of amides is 3. The molecule has 25 heavy (non-hydrogen) atoms. The molecule has 0 aromatic heterocycles. The summed E-state index contributed by atoms with van der Waals surface area (Å²) >= 11 is 0. The van der Waals surface area contributed by atoms with Crippen molar-refractivity contribution < 1.29 is 9.59 Å². The summed E-state index contributed by atoms with van der Waals surface area (Å²) in [6.45, 7) is 5.28. The van der Waals surface area contributed by atoms with Crippen LogP contribution in [0.15, 0.2) is 24.3 Å². The molecule has 3 saturated heterocycles. The van der Waals surface area contributed by atoms with Gasteiger partial charge in [0.15, 0.2) is 0 Å². The first-order chi connectivity index (χ1) is 12.2. The molecular formula is C19H26N4O2. The minimum atomic E-state index is -0.0485. The third-order valence-corrected chi connectivity index (χ3v) is 5.81. The molecule has 0 radical (unpaired) electrons. The van der Waals surface area contributed by atoms with Crippen molar-refractivity contribution in [2.75, 3.05) is 44.2 Å². The lowest BCUT2D eigenvalue weighted by Gasteiger charge is -2.40. The zero-order valence-corrected chi connectivity index (χ0v) is 14.6. The Kier molecular flexibility index (Phi) is 4.37.